The summed E-state index contributed by atoms with van der Waals surface area (Å²) < 4.78 is 5.38. The van der Waals surface area contributed by atoms with Crippen LogP contribution in [-0.4, -0.2) is 24.1 Å². The lowest BCUT2D eigenvalue weighted by Crippen LogP contribution is -2.19. The Morgan fingerprint density at radius 2 is 2.11 bits per heavy atom. The third-order valence-electron chi connectivity index (χ3n) is 2.85. The number of aromatic nitrogens is 2. The number of hydrogen-bond donors (Lipinski definition) is 1. The van der Waals surface area contributed by atoms with E-state index in [1.54, 1.807) is 19.4 Å². The van der Waals surface area contributed by atoms with Gasteiger partial charge in [-0.2, -0.15) is 0 Å². The molecule has 0 bridgehead atoms. The minimum absolute atomic E-state index is 0.481. The van der Waals surface area contributed by atoms with Gasteiger partial charge < -0.3 is 15.4 Å². The number of anilines is 2. The van der Waals surface area contributed by atoms with Gasteiger partial charge in [0.2, 0.25) is 0 Å². The summed E-state index contributed by atoms with van der Waals surface area (Å²) in [7, 11) is 3.64. The van der Waals surface area contributed by atoms with E-state index in [0.717, 1.165) is 11.4 Å². The van der Waals surface area contributed by atoms with Crippen molar-refractivity contribution in [2.45, 2.75) is 13.5 Å². The normalized spacial score (nSPS) is 10.3. The SMILES string of the molecule is COc1ccc(C)cc1N(C)Cc1nccc(N)n1. The quantitative estimate of drug-likeness (QED) is 0.908. The summed E-state index contributed by atoms with van der Waals surface area (Å²) in [5, 5.41) is 0. The molecule has 0 radical (unpaired) electrons. The summed E-state index contributed by atoms with van der Waals surface area (Å²) in [6, 6.07) is 7.73. The molecule has 1 aromatic carbocycles. The molecule has 1 aromatic heterocycles. The molecule has 5 nitrogen and oxygen atoms in total. The Morgan fingerprint density at radius 1 is 1.32 bits per heavy atom. The Balaban J connectivity index is 2.24. The monoisotopic (exact) mass is 258 g/mol. The van der Waals surface area contributed by atoms with Crippen LogP contribution in [0.1, 0.15) is 11.4 Å². The Kier molecular flexibility index (Phi) is 3.85. The molecule has 0 saturated heterocycles. The molecule has 2 aromatic rings. The van der Waals surface area contributed by atoms with Crippen LogP contribution in [0, 0.1) is 6.92 Å². The maximum Gasteiger partial charge on any atom is 0.149 e. The van der Waals surface area contributed by atoms with Crippen molar-refractivity contribution in [2.75, 3.05) is 24.8 Å². The molecule has 0 aliphatic rings. The number of nitrogens with zero attached hydrogens (tertiary/aromatic N) is 3. The number of nitrogen functional groups attached to an aromatic ring is 1. The van der Waals surface area contributed by atoms with Crippen molar-refractivity contribution in [2.24, 2.45) is 0 Å². The molecular formula is C14H18N4O. The van der Waals surface area contributed by atoms with Gasteiger partial charge in [-0.1, -0.05) is 6.07 Å². The molecule has 0 amide bonds. The summed E-state index contributed by atoms with van der Waals surface area (Å²) in [6.45, 7) is 2.62. The van der Waals surface area contributed by atoms with Crippen molar-refractivity contribution < 1.29 is 4.74 Å². The Morgan fingerprint density at radius 3 is 2.79 bits per heavy atom. The van der Waals surface area contributed by atoms with Gasteiger partial charge in [-0.3, -0.25) is 0 Å². The highest BCUT2D eigenvalue weighted by molar-refractivity contribution is 5.59. The fraction of sp³-hybridized carbons (Fsp3) is 0.286. The summed E-state index contributed by atoms with van der Waals surface area (Å²) in [6.07, 6.45) is 1.67. The Hall–Kier alpha value is -2.30. The molecule has 0 atom stereocenters. The second-order valence-corrected chi connectivity index (χ2v) is 4.43. The summed E-state index contributed by atoms with van der Waals surface area (Å²) in [5.41, 5.74) is 7.84. The van der Waals surface area contributed by atoms with Crippen molar-refractivity contribution in [3.63, 3.8) is 0 Å². The predicted octanol–water partition coefficient (Wildman–Crippen LogP) is 2.01. The highest BCUT2D eigenvalue weighted by atomic mass is 16.5. The van der Waals surface area contributed by atoms with E-state index in [1.165, 1.54) is 5.56 Å². The van der Waals surface area contributed by atoms with E-state index >= 15 is 0 Å². The second-order valence-electron chi connectivity index (χ2n) is 4.43. The van der Waals surface area contributed by atoms with Crippen molar-refractivity contribution in [3.05, 3.63) is 41.9 Å². The molecule has 0 aliphatic heterocycles. The lowest BCUT2D eigenvalue weighted by Gasteiger charge is -2.21. The third-order valence-corrected chi connectivity index (χ3v) is 2.85. The van der Waals surface area contributed by atoms with Crippen LogP contribution >= 0.6 is 0 Å². The molecule has 0 spiro atoms. The van der Waals surface area contributed by atoms with E-state index in [9.17, 15) is 0 Å². The van der Waals surface area contributed by atoms with E-state index in [-0.39, 0.29) is 0 Å². The van der Waals surface area contributed by atoms with Gasteiger partial charge in [0.25, 0.3) is 0 Å². The van der Waals surface area contributed by atoms with Gasteiger partial charge in [-0.25, -0.2) is 9.97 Å². The Labute approximate surface area is 113 Å². The number of benzene rings is 1. The van der Waals surface area contributed by atoms with Crippen molar-refractivity contribution in [1.29, 1.82) is 0 Å². The largest absolute Gasteiger partial charge is 0.495 e. The molecular weight excluding hydrogens is 240 g/mol. The van der Waals surface area contributed by atoms with Crippen LogP contribution in [0.5, 0.6) is 5.75 Å². The first-order chi connectivity index (χ1) is 9.10. The molecule has 0 aliphatic carbocycles. The van der Waals surface area contributed by atoms with Gasteiger partial charge in [0, 0.05) is 13.2 Å². The first kappa shape index (κ1) is 13.1. The van der Waals surface area contributed by atoms with Gasteiger partial charge >= 0.3 is 0 Å². The predicted molar refractivity (Wildman–Crippen MR) is 76.3 cm³/mol. The van der Waals surface area contributed by atoms with Crippen LogP contribution in [0.15, 0.2) is 30.5 Å². The smallest absolute Gasteiger partial charge is 0.149 e. The number of hydrogen-bond acceptors (Lipinski definition) is 5. The first-order valence-electron chi connectivity index (χ1n) is 6.03. The average Bonchev–Trinajstić information content (AvgIpc) is 2.38. The lowest BCUT2D eigenvalue weighted by molar-refractivity contribution is 0.414. The minimum Gasteiger partial charge on any atom is -0.495 e. The van der Waals surface area contributed by atoms with Crippen LogP contribution in [0.3, 0.4) is 0 Å². The summed E-state index contributed by atoms with van der Waals surface area (Å²) >= 11 is 0. The molecule has 0 fully saturated rings. The first-order valence-corrected chi connectivity index (χ1v) is 6.03. The van der Waals surface area contributed by atoms with Gasteiger partial charge in [0.1, 0.15) is 17.4 Å². The molecule has 100 valence electrons. The second kappa shape index (κ2) is 5.56. The van der Waals surface area contributed by atoms with Gasteiger partial charge in [0.05, 0.1) is 19.3 Å². The molecule has 0 unspecified atom stereocenters. The molecule has 0 saturated carbocycles. The van der Waals surface area contributed by atoms with Gasteiger partial charge in [-0.05, 0) is 30.7 Å². The van der Waals surface area contributed by atoms with E-state index in [0.29, 0.717) is 18.2 Å². The summed E-state index contributed by atoms with van der Waals surface area (Å²) in [4.78, 5) is 10.5. The molecule has 2 N–H and O–H groups in total. The number of ether oxygens (including phenoxy) is 1. The topological polar surface area (TPSA) is 64.3 Å². The van der Waals surface area contributed by atoms with E-state index in [4.69, 9.17) is 10.5 Å². The van der Waals surface area contributed by atoms with E-state index in [2.05, 4.69) is 16.0 Å². The third kappa shape index (κ3) is 3.13. The maximum absolute atomic E-state index is 5.66. The molecule has 19 heavy (non-hydrogen) atoms. The molecule has 2 rings (SSSR count). The minimum atomic E-state index is 0.481. The van der Waals surface area contributed by atoms with Crippen LogP contribution in [0.4, 0.5) is 11.5 Å². The fourth-order valence-corrected chi connectivity index (χ4v) is 1.89. The van der Waals surface area contributed by atoms with Gasteiger partial charge in [0.15, 0.2) is 0 Å². The zero-order valence-electron chi connectivity index (χ0n) is 11.4. The van der Waals surface area contributed by atoms with E-state index in [1.807, 2.05) is 31.0 Å². The average molecular weight is 258 g/mol. The number of rotatable bonds is 4. The summed E-state index contributed by atoms with van der Waals surface area (Å²) in [5.74, 6) is 2.00. The highest BCUT2D eigenvalue weighted by Gasteiger charge is 2.10. The fourth-order valence-electron chi connectivity index (χ4n) is 1.89. The lowest BCUT2D eigenvalue weighted by atomic mass is 10.2. The van der Waals surface area contributed by atoms with E-state index < -0.39 is 0 Å². The van der Waals surface area contributed by atoms with Crippen LogP contribution in [0.25, 0.3) is 0 Å². The number of aryl methyl sites for hydroxylation is 1. The van der Waals surface area contributed by atoms with Crippen LogP contribution in [-0.2, 0) is 6.54 Å². The molecule has 1 heterocycles. The standard InChI is InChI=1S/C14H18N4O/c1-10-4-5-12(19-3)11(8-10)18(2)9-14-16-7-6-13(15)17-14/h4-8H,9H2,1-3H3,(H2,15,16,17). The number of nitrogens with two attached hydrogens (primary N) is 1. The van der Waals surface area contributed by atoms with Crippen molar-refractivity contribution in [1.82, 2.24) is 9.97 Å². The zero-order chi connectivity index (χ0) is 13.8. The maximum atomic E-state index is 5.66. The van der Waals surface area contributed by atoms with Crippen molar-refractivity contribution in [3.8, 4) is 5.75 Å². The van der Waals surface area contributed by atoms with Crippen molar-refractivity contribution >= 4 is 11.5 Å². The zero-order valence-corrected chi connectivity index (χ0v) is 11.4. The van der Waals surface area contributed by atoms with Crippen LogP contribution in [0.2, 0.25) is 0 Å². The number of methoxy groups -OCH3 is 1. The van der Waals surface area contributed by atoms with Crippen LogP contribution < -0.4 is 15.4 Å². The highest BCUT2D eigenvalue weighted by Crippen LogP contribution is 2.28. The Bertz CT molecular complexity index is 571. The molecule has 5 heteroatoms. The van der Waals surface area contributed by atoms with Gasteiger partial charge in [-0.15, -0.1) is 0 Å².